The van der Waals surface area contributed by atoms with Gasteiger partial charge >= 0.3 is 0 Å². The molecule has 21 heavy (non-hydrogen) atoms. The SMILES string of the molecule is COc1cccc(C(C)Nc2ccc([N+](=O)[O-])c(Br)c2)c1. The maximum Gasteiger partial charge on any atom is 0.283 e. The van der Waals surface area contributed by atoms with Crippen molar-refractivity contribution in [2.45, 2.75) is 13.0 Å². The van der Waals surface area contributed by atoms with E-state index in [0.717, 1.165) is 17.0 Å². The first kappa shape index (κ1) is 15.3. The summed E-state index contributed by atoms with van der Waals surface area (Å²) in [6, 6.07) is 12.7. The van der Waals surface area contributed by atoms with E-state index >= 15 is 0 Å². The minimum absolute atomic E-state index is 0.0495. The van der Waals surface area contributed by atoms with Crippen LogP contribution < -0.4 is 10.1 Å². The molecule has 0 aliphatic rings. The summed E-state index contributed by atoms with van der Waals surface area (Å²) in [6.45, 7) is 2.02. The topological polar surface area (TPSA) is 64.4 Å². The van der Waals surface area contributed by atoms with E-state index in [1.807, 2.05) is 31.2 Å². The first-order valence-electron chi connectivity index (χ1n) is 6.35. The van der Waals surface area contributed by atoms with Crippen LogP contribution in [0.5, 0.6) is 5.75 Å². The molecule has 0 aromatic heterocycles. The number of nitro benzene ring substituents is 1. The Hall–Kier alpha value is -2.08. The smallest absolute Gasteiger partial charge is 0.283 e. The van der Waals surface area contributed by atoms with Crippen LogP contribution in [0, 0.1) is 10.1 Å². The predicted molar refractivity (Wildman–Crippen MR) is 85.8 cm³/mol. The minimum Gasteiger partial charge on any atom is -0.497 e. The highest BCUT2D eigenvalue weighted by Gasteiger charge is 2.13. The fourth-order valence-corrected chi connectivity index (χ4v) is 2.51. The largest absolute Gasteiger partial charge is 0.497 e. The number of nitrogens with zero attached hydrogens (tertiary/aromatic N) is 1. The second-order valence-electron chi connectivity index (χ2n) is 4.57. The first-order chi connectivity index (χ1) is 10.0. The average molecular weight is 351 g/mol. The highest BCUT2D eigenvalue weighted by atomic mass is 79.9. The van der Waals surface area contributed by atoms with Gasteiger partial charge in [-0.2, -0.15) is 0 Å². The quantitative estimate of drug-likeness (QED) is 0.635. The van der Waals surface area contributed by atoms with Gasteiger partial charge in [-0.25, -0.2) is 0 Å². The number of halogens is 1. The van der Waals surface area contributed by atoms with Gasteiger partial charge in [-0.15, -0.1) is 0 Å². The van der Waals surface area contributed by atoms with Crippen molar-refractivity contribution < 1.29 is 9.66 Å². The van der Waals surface area contributed by atoms with Gasteiger partial charge in [0.15, 0.2) is 0 Å². The summed E-state index contributed by atoms with van der Waals surface area (Å²) in [7, 11) is 1.63. The van der Waals surface area contributed by atoms with Crippen molar-refractivity contribution in [3.05, 3.63) is 62.6 Å². The molecular weight excluding hydrogens is 336 g/mol. The van der Waals surface area contributed by atoms with Crippen LogP contribution in [0.2, 0.25) is 0 Å². The molecule has 0 aliphatic carbocycles. The van der Waals surface area contributed by atoms with E-state index in [4.69, 9.17) is 4.74 Å². The van der Waals surface area contributed by atoms with E-state index in [0.29, 0.717) is 4.47 Å². The number of hydrogen-bond acceptors (Lipinski definition) is 4. The van der Waals surface area contributed by atoms with Crippen LogP contribution in [-0.2, 0) is 0 Å². The molecule has 0 saturated heterocycles. The molecular formula is C15H15BrN2O3. The van der Waals surface area contributed by atoms with Gasteiger partial charge in [0.25, 0.3) is 5.69 Å². The van der Waals surface area contributed by atoms with E-state index in [9.17, 15) is 10.1 Å². The normalized spacial score (nSPS) is 11.8. The maximum absolute atomic E-state index is 10.8. The lowest BCUT2D eigenvalue weighted by molar-refractivity contribution is -0.385. The van der Waals surface area contributed by atoms with Crippen molar-refractivity contribution in [2.24, 2.45) is 0 Å². The summed E-state index contributed by atoms with van der Waals surface area (Å²) in [6.07, 6.45) is 0. The molecule has 2 aromatic carbocycles. The van der Waals surface area contributed by atoms with E-state index in [1.54, 1.807) is 19.2 Å². The van der Waals surface area contributed by atoms with Crippen molar-refractivity contribution in [3.63, 3.8) is 0 Å². The van der Waals surface area contributed by atoms with E-state index in [-0.39, 0.29) is 11.7 Å². The van der Waals surface area contributed by atoms with Crippen LogP contribution in [0.25, 0.3) is 0 Å². The monoisotopic (exact) mass is 350 g/mol. The molecule has 1 unspecified atom stereocenters. The Bertz CT molecular complexity index is 661. The molecule has 2 rings (SSSR count). The summed E-state index contributed by atoms with van der Waals surface area (Å²) < 4.78 is 5.66. The van der Waals surface area contributed by atoms with Gasteiger partial charge < -0.3 is 10.1 Å². The van der Waals surface area contributed by atoms with Crippen LogP contribution >= 0.6 is 15.9 Å². The molecule has 0 bridgehead atoms. The van der Waals surface area contributed by atoms with Crippen molar-refractivity contribution in [2.75, 3.05) is 12.4 Å². The van der Waals surface area contributed by atoms with Crippen molar-refractivity contribution in [3.8, 4) is 5.75 Å². The highest BCUT2D eigenvalue weighted by Crippen LogP contribution is 2.30. The van der Waals surface area contributed by atoms with Crippen LogP contribution in [0.1, 0.15) is 18.5 Å². The van der Waals surface area contributed by atoms with Crippen LogP contribution in [0.3, 0.4) is 0 Å². The minimum atomic E-state index is -0.417. The molecule has 0 amide bonds. The summed E-state index contributed by atoms with van der Waals surface area (Å²) in [5, 5.41) is 14.1. The second-order valence-corrected chi connectivity index (χ2v) is 5.42. The van der Waals surface area contributed by atoms with E-state index in [2.05, 4.69) is 21.2 Å². The van der Waals surface area contributed by atoms with Gasteiger partial charge in [-0.3, -0.25) is 10.1 Å². The summed E-state index contributed by atoms with van der Waals surface area (Å²) in [5.41, 5.74) is 1.93. The molecule has 0 heterocycles. The Morgan fingerprint density at radius 1 is 1.29 bits per heavy atom. The number of anilines is 1. The Labute approximate surface area is 131 Å². The standard InChI is InChI=1S/C15H15BrN2O3/c1-10(11-4-3-5-13(8-11)21-2)17-12-6-7-15(18(19)20)14(16)9-12/h3-10,17H,1-2H3. The van der Waals surface area contributed by atoms with Gasteiger partial charge in [-0.05, 0) is 52.7 Å². The van der Waals surface area contributed by atoms with Gasteiger partial charge in [0.1, 0.15) is 5.75 Å². The number of nitrogens with one attached hydrogen (secondary N) is 1. The Balaban J connectivity index is 2.17. The third kappa shape index (κ3) is 3.72. The Morgan fingerprint density at radius 3 is 2.67 bits per heavy atom. The Kier molecular flexibility index (Phi) is 4.80. The summed E-state index contributed by atoms with van der Waals surface area (Å²) >= 11 is 3.22. The zero-order valence-corrected chi connectivity index (χ0v) is 13.3. The van der Waals surface area contributed by atoms with Gasteiger partial charge in [0.05, 0.1) is 16.5 Å². The molecule has 1 N–H and O–H groups in total. The lowest BCUT2D eigenvalue weighted by Crippen LogP contribution is -2.06. The zero-order valence-electron chi connectivity index (χ0n) is 11.7. The lowest BCUT2D eigenvalue weighted by atomic mass is 10.1. The molecule has 0 radical (unpaired) electrons. The van der Waals surface area contributed by atoms with Gasteiger partial charge in [0, 0.05) is 17.8 Å². The first-order valence-corrected chi connectivity index (χ1v) is 7.15. The number of methoxy groups -OCH3 is 1. The molecule has 0 aliphatic heterocycles. The van der Waals surface area contributed by atoms with E-state index < -0.39 is 4.92 Å². The summed E-state index contributed by atoms with van der Waals surface area (Å²) in [5.74, 6) is 0.797. The number of ether oxygens (including phenoxy) is 1. The summed E-state index contributed by atoms with van der Waals surface area (Å²) in [4.78, 5) is 10.4. The van der Waals surface area contributed by atoms with Crippen LogP contribution in [0.4, 0.5) is 11.4 Å². The third-order valence-electron chi connectivity index (χ3n) is 3.12. The molecule has 6 heteroatoms. The van der Waals surface area contributed by atoms with Crippen molar-refractivity contribution in [1.82, 2.24) is 0 Å². The van der Waals surface area contributed by atoms with Crippen molar-refractivity contribution in [1.29, 1.82) is 0 Å². The average Bonchev–Trinajstić information content (AvgIpc) is 2.47. The predicted octanol–water partition coefficient (Wildman–Crippen LogP) is 4.54. The fourth-order valence-electron chi connectivity index (χ4n) is 1.99. The molecule has 1 atom stereocenters. The number of nitro groups is 1. The van der Waals surface area contributed by atoms with Crippen molar-refractivity contribution >= 4 is 27.3 Å². The van der Waals surface area contributed by atoms with Gasteiger partial charge in [0.2, 0.25) is 0 Å². The number of rotatable bonds is 5. The van der Waals surface area contributed by atoms with Crippen LogP contribution in [0.15, 0.2) is 46.9 Å². The number of benzene rings is 2. The molecule has 0 fully saturated rings. The molecule has 0 saturated carbocycles. The molecule has 0 spiro atoms. The maximum atomic E-state index is 10.8. The molecule has 5 nitrogen and oxygen atoms in total. The van der Waals surface area contributed by atoms with Crippen LogP contribution in [-0.4, -0.2) is 12.0 Å². The third-order valence-corrected chi connectivity index (χ3v) is 3.76. The zero-order chi connectivity index (χ0) is 15.4. The highest BCUT2D eigenvalue weighted by molar-refractivity contribution is 9.10. The molecule has 2 aromatic rings. The lowest BCUT2D eigenvalue weighted by Gasteiger charge is -2.16. The molecule has 110 valence electrons. The fraction of sp³-hybridized carbons (Fsp3) is 0.200. The van der Waals surface area contributed by atoms with E-state index in [1.165, 1.54) is 6.07 Å². The van der Waals surface area contributed by atoms with Gasteiger partial charge in [-0.1, -0.05) is 12.1 Å². The number of hydrogen-bond donors (Lipinski definition) is 1. The Morgan fingerprint density at radius 2 is 2.05 bits per heavy atom. The second kappa shape index (κ2) is 6.58.